The highest BCUT2D eigenvalue weighted by molar-refractivity contribution is 8.27. The quantitative estimate of drug-likeness (QED) is 0.617. The van der Waals surface area contributed by atoms with Gasteiger partial charge in [0.25, 0.3) is 0 Å². The molecule has 2 aliphatic rings. The van der Waals surface area contributed by atoms with Gasteiger partial charge in [-0.1, -0.05) is 12.1 Å². The monoisotopic (exact) mass is 364 g/mol. The molecule has 1 aromatic carbocycles. The van der Waals surface area contributed by atoms with Crippen LogP contribution in [0, 0.1) is 12.2 Å². The summed E-state index contributed by atoms with van der Waals surface area (Å²) < 4.78 is 15.8. The van der Waals surface area contributed by atoms with Crippen molar-refractivity contribution in [1.82, 2.24) is 9.62 Å². The summed E-state index contributed by atoms with van der Waals surface area (Å²) in [7, 11) is 0. The molecule has 1 saturated heterocycles. The van der Waals surface area contributed by atoms with Crippen LogP contribution in [-0.2, 0) is 4.79 Å². The normalized spacial score (nSPS) is 22.6. The van der Waals surface area contributed by atoms with E-state index in [1.807, 2.05) is 0 Å². The number of allylic oxidation sites excluding steroid dienone is 1. The Kier molecular flexibility index (Phi) is 5.10. The Hall–Kier alpha value is -2.32. The number of primary amides is 1. The number of nitrogens with two attached hydrogens (primary N) is 1. The number of thiol groups is 1. The van der Waals surface area contributed by atoms with E-state index in [1.54, 1.807) is 18.2 Å². The average molecular weight is 364 g/mol. The van der Waals surface area contributed by atoms with E-state index < -0.39 is 28.9 Å². The second kappa shape index (κ2) is 7.28. The molecule has 8 heteroatoms. The standard InChI is InChI=1S/C17H19FN3O3S/c18-12-6-4-5-11(9-12)14-10-13(20-17(19)24)15(16(22)23)25(14)21-7-2-1-3-8-21/h2,4-6,9-10,25H,1,3,7-8H2,(H,22,23)(H3,19,20,24). The molecule has 2 aliphatic heterocycles. The molecule has 133 valence electrons. The van der Waals surface area contributed by atoms with Crippen molar-refractivity contribution in [3.8, 4) is 0 Å². The van der Waals surface area contributed by atoms with Crippen molar-refractivity contribution in [2.45, 2.75) is 12.8 Å². The Morgan fingerprint density at radius 3 is 2.76 bits per heavy atom. The number of hydrogen-bond donors (Lipinski definition) is 4. The van der Waals surface area contributed by atoms with Crippen LogP contribution in [0.3, 0.4) is 0 Å². The van der Waals surface area contributed by atoms with E-state index in [1.165, 1.54) is 12.1 Å². The van der Waals surface area contributed by atoms with Gasteiger partial charge in [-0.2, -0.15) is 0 Å². The molecule has 25 heavy (non-hydrogen) atoms. The van der Waals surface area contributed by atoms with Crippen LogP contribution in [0.4, 0.5) is 9.18 Å². The summed E-state index contributed by atoms with van der Waals surface area (Å²) in [6.07, 6.45) is 5.62. The molecule has 0 bridgehead atoms. The summed E-state index contributed by atoms with van der Waals surface area (Å²) in [6.45, 7) is 1.40. The maximum absolute atomic E-state index is 13.7. The van der Waals surface area contributed by atoms with Crippen molar-refractivity contribution < 1.29 is 19.1 Å². The number of rotatable bonds is 4. The first-order chi connectivity index (χ1) is 12.0. The van der Waals surface area contributed by atoms with E-state index in [0.717, 1.165) is 19.4 Å². The van der Waals surface area contributed by atoms with Crippen LogP contribution in [0.5, 0.6) is 0 Å². The molecule has 1 atom stereocenters. The summed E-state index contributed by atoms with van der Waals surface area (Å²) in [6, 6.07) is 5.21. The number of hydrogen-bond acceptors (Lipinski definition) is 3. The van der Waals surface area contributed by atoms with E-state index in [9.17, 15) is 19.1 Å². The molecular weight excluding hydrogens is 345 g/mol. The third-order valence-electron chi connectivity index (χ3n) is 4.00. The number of carbonyl (C=O) groups is 2. The number of aliphatic carboxylic acids is 1. The first-order valence-corrected chi connectivity index (χ1v) is 9.15. The summed E-state index contributed by atoms with van der Waals surface area (Å²) >= 11 is -1.38. The van der Waals surface area contributed by atoms with Crippen LogP contribution in [0.15, 0.2) is 40.9 Å². The van der Waals surface area contributed by atoms with Crippen molar-refractivity contribution in [3.05, 3.63) is 58.7 Å². The van der Waals surface area contributed by atoms with Crippen LogP contribution in [0.1, 0.15) is 18.4 Å². The lowest BCUT2D eigenvalue weighted by molar-refractivity contribution is -0.131. The molecular formula is C17H19FN3O3S. The van der Waals surface area contributed by atoms with Gasteiger partial charge in [-0.15, -0.1) is 11.1 Å². The van der Waals surface area contributed by atoms with Crippen molar-refractivity contribution in [1.29, 1.82) is 0 Å². The molecule has 6 nitrogen and oxygen atoms in total. The van der Waals surface area contributed by atoms with Crippen molar-refractivity contribution in [2.24, 2.45) is 5.73 Å². The van der Waals surface area contributed by atoms with Crippen LogP contribution in [-0.4, -0.2) is 34.5 Å². The predicted octanol–water partition coefficient (Wildman–Crippen LogP) is 2.36. The Balaban J connectivity index is 2.08. The lowest BCUT2D eigenvalue weighted by atomic mass is 10.2. The summed E-state index contributed by atoms with van der Waals surface area (Å²) in [5.74, 6) is -1.50. The second-order valence-electron chi connectivity index (χ2n) is 5.75. The number of amides is 2. The van der Waals surface area contributed by atoms with E-state index in [0.29, 0.717) is 17.0 Å². The highest BCUT2D eigenvalue weighted by Crippen LogP contribution is 2.57. The van der Waals surface area contributed by atoms with Gasteiger partial charge in [-0.05, 0) is 43.0 Å². The molecule has 2 heterocycles. The van der Waals surface area contributed by atoms with Crippen LogP contribution in [0.25, 0.3) is 4.91 Å². The maximum Gasteiger partial charge on any atom is 0.344 e. The highest BCUT2D eigenvalue weighted by atomic mass is 32.2. The van der Waals surface area contributed by atoms with E-state index in [-0.39, 0.29) is 10.6 Å². The third kappa shape index (κ3) is 3.69. The van der Waals surface area contributed by atoms with E-state index in [2.05, 4.69) is 16.0 Å². The SMILES string of the molecule is NC(=O)NC1=C(C(=O)O)[SH](N2C[CH]CCC2)C(c2cccc(F)c2)=C1. The summed E-state index contributed by atoms with van der Waals surface area (Å²) in [4.78, 5) is 24.0. The molecule has 2 amide bonds. The smallest absolute Gasteiger partial charge is 0.344 e. The Bertz CT molecular complexity index is 772. The largest absolute Gasteiger partial charge is 0.477 e. The molecule has 0 aromatic heterocycles. The Morgan fingerprint density at radius 2 is 2.16 bits per heavy atom. The number of halogens is 1. The van der Waals surface area contributed by atoms with Gasteiger partial charge < -0.3 is 16.2 Å². The fraction of sp³-hybridized carbons (Fsp3) is 0.235. The predicted molar refractivity (Wildman–Crippen MR) is 95.9 cm³/mol. The van der Waals surface area contributed by atoms with Gasteiger partial charge in [-0.25, -0.2) is 14.0 Å². The summed E-state index contributed by atoms with van der Waals surface area (Å²) in [5.41, 5.74) is 5.97. The molecule has 1 radical (unpaired) electrons. The number of nitrogens with one attached hydrogen (secondary N) is 1. The van der Waals surface area contributed by atoms with Gasteiger partial charge in [0.05, 0.1) is 5.70 Å². The lowest BCUT2D eigenvalue weighted by Gasteiger charge is -2.37. The van der Waals surface area contributed by atoms with E-state index >= 15 is 0 Å². The molecule has 0 saturated carbocycles. The van der Waals surface area contributed by atoms with Gasteiger partial charge in [0.2, 0.25) is 0 Å². The average Bonchev–Trinajstić information content (AvgIpc) is 2.94. The molecule has 3 rings (SSSR count). The van der Waals surface area contributed by atoms with Crippen LogP contribution < -0.4 is 11.1 Å². The minimum absolute atomic E-state index is 0.114. The number of urea groups is 1. The second-order valence-corrected chi connectivity index (χ2v) is 7.87. The van der Waals surface area contributed by atoms with Gasteiger partial charge in [0.1, 0.15) is 10.7 Å². The Morgan fingerprint density at radius 1 is 1.36 bits per heavy atom. The zero-order valence-corrected chi connectivity index (χ0v) is 14.3. The molecule has 1 aromatic rings. The third-order valence-corrected chi connectivity index (χ3v) is 6.63. The zero-order valence-electron chi connectivity index (χ0n) is 13.4. The lowest BCUT2D eigenvalue weighted by Crippen LogP contribution is -2.31. The Labute approximate surface area is 147 Å². The fourth-order valence-corrected chi connectivity index (χ4v) is 5.63. The van der Waals surface area contributed by atoms with Crippen LogP contribution in [0.2, 0.25) is 0 Å². The molecule has 1 fully saturated rings. The minimum atomic E-state index is -1.38. The maximum atomic E-state index is 13.7. The van der Waals surface area contributed by atoms with E-state index in [4.69, 9.17) is 5.73 Å². The van der Waals surface area contributed by atoms with Crippen molar-refractivity contribution in [2.75, 3.05) is 13.1 Å². The number of carboxylic acid groups (broad SMARTS) is 1. The number of carboxylic acids is 1. The number of benzene rings is 1. The van der Waals surface area contributed by atoms with Crippen LogP contribution >= 0.6 is 11.1 Å². The van der Waals surface area contributed by atoms with Crippen molar-refractivity contribution >= 4 is 28.0 Å². The summed E-state index contributed by atoms with van der Waals surface area (Å²) in [5, 5.41) is 12.1. The zero-order chi connectivity index (χ0) is 18.0. The number of carbonyl (C=O) groups excluding carboxylic acids is 1. The highest BCUT2D eigenvalue weighted by Gasteiger charge is 2.35. The molecule has 1 unspecified atom stereocenters. The number of nitrogens with zero attached hydrogens (tertiary/aromatic N) is 1. The first kappa shape index (κ1) is 17.5. The molecule has 4 N–H and O–H groups in total. The van der Waals surface area contributed by atoms with Gasteiger partial charge in [0.15, 0.2) is 0 Å². The van der Waals surface area contributed by atoms with Gasteiger partial charge in [-0.3, -0.25) is 4.31 Å². The number of piperidine rings is 1. The first-order valence-electron chi connectivity index (χ1n) is 7.85. The van der Waals surface area contributed by atoms with Gasteiger partial charge in [0, 0.05) is 18.0 Å². The fourth-order valence-electron chi connectivity index (χ4n) is 3.01. The topological polar surface area (TPSA) is 95.7 Å². The molecule has 0 aliphatic carbocycles. The molecule has 0 spiro atoms. The van der Waals surface area contributed by atoms with Gasteiger partial charge >= 0.3 is 12.0 Å². The van der Waals surface area contributed by atoms with Crippen molar-refractivity contribution in [3.63, 3.8) is 0 Å². The minimum Gasteiger partial charge on any atom is -0.477 e.